The van der Waals surface area contributed by atoms with Gasteiger partial charge in [0.1, 0.15) is 18.3 Å². The number of anilines is 1. The van der Waals surface area contributed by atoms with Gasteiger partial charge >= 0.3 is 0 Å². The number of sulfonamides is 1. The van der Waals surface area contributed by atoms with E-state index in [4.69, 9.17) is 4.74 Å². The lowest BCUT2D eigenvalue weighted by molar-refractivity contribution is -0.140. The van der Waals surface area contributed by atoms with Crippen LogP contribution in [0.4, 0.5) is 5.69 Å². The summed E-state index contributed by atoms with van der Waals surface area (Å²) >= 11 is 3.47. The second kappa shape index (κ2) is 13.6. The normalized spacial score (nSPS) is 12.1. The molecular weight excluding hydrogens is 582 g/mol. The van der Waals surface area contributed by atoms with E-state index < -0.39 is 28.5 Å². The first kappa shape index (κ1) is 30.2. The Morgan fingerprint density at radius 3 is 2.15 bits per heavy atom. The number of carbonyl (C=O) groups is 2. The lowest BCUT2D eigenvalue weighted by atomic mass is 10.0. The molecule has 0 bridgehead atoms. The van der Waals surface area contributed by atoms with E-state index in [0.29, 0.717) is 11.4 Å². The number of halogens is 1. The number of amides is 2. The topological polar surface area (TPSA) is 96.0 Å². The fourth-order valence-electron chi connectivity index (χ4n) is 4.13. The molecule has 3 rings (SSSR count). The Morgan fingerprint density at radius 2 is 1.59 bits per heavy atom. The van der Waals surface area contributed by atoms with Crippen LogP contribution in [0.3, 0.4) is 0 Å². The van der Waals surface area contributed by atoms with E-state index in [1.165, 1.54) is 12.0 Å². The number of hydrogen-bond donors (Lipinski definition) is 1. The van der Waals surface area contributed by atoms with Crippen LogP contribution in [0.1, 0.15) is 25.0 Å². The molecule has 0 aliphatic carbocycles. The Balaban J connectivity index is 2.04. The van der Waals surface area contributed by atoms with Crippen molar-refractivity contribution in [2.45, 2.75) is 38.9 Å². The van der Waals surface area contributed by atoms with Gasteiger partial charge in [0.25, 0.3) is 0 Å². The van der Waals surface area contributed by atoms with Crippen molar-refractivity contribution in [3.05, 3.63) is 94.5 Å². The van der Waals surface area contributed by atoms with E-state index in [0.717, 1.165) is 26.2 Å². The Labute approximate surface area is 239 Å². The predicted octanol–water partition coefficient (Wildman–Crippen LogP) is 4.39. The van der Waals surface area contributed by atoms with Crippen molar-refractivity contribution in [2.75, 3.05) is 24.2 Å². The molecule has 8 nitrogen and oxygen atoms in total. The van der Waals surface area contributed by atoms with Crippen molar-refractivity contribution in [3.63, 3.8) is 0 Å². The van der Waals surface area contributed by atoms with Gasteiger partial charge < -0.3 is 15.0 Å². The number of benzene rings is 3. The number of nitrogens with zero attached hydrogens (tertiary/aromatic N) is 2. The summed E-state index contributed by atoms with van der Waals surface area (Å²) in [7, 11) is -2.32. The zero-order valence-corrected chi connectivity index (χ0v) is 24.9. The third-order valence-corrected chi connectivity index (χ3v) is 7.62. The van der Waals surface area contributed by atoms with E-state index >= 15 is 0 Å². The Morgan fingerprint density at radius 1 is 0.949 bits per heavy atom. The summed E-state index contributed by atoms with van der Waals surface area (Å²) in [4.78, 5) is 29.0. The Hall–Kier alpha value is -3.37. The second-order valence-corrected chi connectivity index (χ2v) is 12.3. The Kier molecular flexibility index (Phi) is 10.5. The molecule has 3 aromatic rings. The molecule has 0 aromatic heterocycles. The van der Waals surface area contributed by atoms with Gasteiger partial charge in [-0.1, -0.05) is 58.4 Å². The lowest BCUT2D eigenvalue weighted by Crippen LogP contribution is -2.54. The first-order valence-corrected chi connectivity index (χ1v) is 15.1. The summed E-state index contributed by atoms with van der Waals surface area (Å²) in [6, 6.07) is 22.3. The SMILES string of the molecule is COc1ccc(N(CC(=O)N(Cc2cccc(Br)c2)[C@@H](Cc2ccccc2)C(=O)NC(C)C)S(C)(=O)=O)cc1. The standard InChI is InChI=1S/C29H34BrN3O5S/c1-21(2)31-29(35)27(18-22-9-6-5-7-10-22)32(19-23-11-8-12-24(30)17-23)28(34)20-33(39(4,36)37)25-13-15-26(38-3)16-14-25/h5-17,21,27H,18-20H2,1-4H3,(H,31,35)/t27-/m0/s1. The molecule has 0 aliphatic heterocycles. The zero-order chi connectivity index (χ0) is 28.6. The maximum atomic E-state index is 14.0. The molecular formula is C29H34BrN3O5S. The molecule has 0 aliphatic rings. The summed E-state index contributed by atoms with van der Waals surface area (Å²) in [5, 5.41) is 2.94. The molecule has 3 aromatic carbocycles. The van der Waals surface area contributed by atoms with Crippen molar-refractivity contribution in [1.29, 1.82) is 0 Å². The van der Waals surface area contributed by atoms with E-state index in [1.807, 2.05) is 68.4 Å². The van der Waals surface area contributed by atoms with E-state index in [1.54, 1.807) is 24.3 Å². The minimum atomic E-state index is -3.83. The molecule has 0 saturated carbocycles. The highest BCUT2D eigenvalue weighted by Gasteiger charge is 2.33. The van der Waals surface area contributed by atoms with E-state index in [2.05, 4.69) is 21.2 Å². The molecule has 10 heteroatoms. The highest BCUT2D eigenvalue weighted by molar-refractivity contribution is 9.10. The summed E-state index contributed by atoms with van der Waals surface area (Å²) in [5.74, 6) is -0.258. The molecule has 1 atom stereocenters. The first-order chi connectivity index (χ1) is 18.5. The van der Waals surface area contributed by atoms with Gasteiger partial charge in [-0.05, 0) is 61.4 Å². The molecule has 0 saturated heterocycles. The molecule has 0 unspecified atom stereocenters. The second-order valence-electron chi connectivity index (χ2n) is 9.49. The van der Waals surface area contributed by atoms with Gasteiger partial charge in [0.2, 0.25) is 21.8 Å². The molecule has 0 radical (unpaired) electrons. The van der Waals surface area contributed by atoms with Crippen LogP contribution in [-0.2, 0) is 32.6 Å². The van der Waals surface area contributed by atoms with Crippen LogP contribution in [0, 0.1) is 0 Å². The predicted molar refractivity (Wildman–Crippen MR) is 157 cm³/mol. The largest absolute Gasteiger partial charge is 0.497 e. The summed E-state index contributed by atoms with van der Waals surface area (Å²) in [6.45, 7) is 3.35. The average Bonchev–Trinajstić information content (AvgIpc) is 2.89. The molecule has 39 heavy (non-hydrogen) atoms. The monoisotopic (exact) mass is 615 g/mol. The average molecular weight is 617 g/mol. The van der Waals surface area contributed by atoms with Crippen LogP contribution in [0.15, 0.2) is 83.3 Å². The maximum Gasteiger partial charge on any atom is 0.244 e. The van der Waals surface area contributed by atoms with E-state index in [9.17, 15) is 18.0 Å². The molecule has 0 heterocycles. The van der Waals surface area contributed by atoms with Crippen LogP contribution in [-0.4, -0.2) is 57.1 Å². The third kappa shape index (κ3) is 8.83. The highest BCUT2D eigenvalue weighted by Crippen LogP contribution is 2.23. The van der Waals surface area contributed by atoms with Gasteiger partial charge in [-0.3, -0.25) is 13.9 Å². The van der Waals surface area contributed by atoms with Crippen molar-refractivity contribution < 1.29 is 22.7 Å². The Bertz CT molecular complexity index is 1370. The van der Waals surface area contributed by atoms with Crippen LogP contribution < -0.4 is 14.4 Å². The van der Waals surface area contributed by atoms with Crippen molar-refractivity contribution in [3.8, 4) is 5.75 Å². The fraction of sp³-hybridized carbons (Fsp3) is 0.310. The third-order valence-electron chi connectivity index (χ3n) is 5.98. The highest BCUT2D eigenvalue weighted by atomic mass is 79.9. The quantitative estimate of drug-likeness (QED) is 0.326. The van der Waals surface area contributed by atoms with Crippen molar-refractivity contribution in [1.82, 2.24) is 10.2 Å². The maximum absolute atomic E-state index is 14.0. The number of hydrogen-bond acceptors (Lipinski definition) is 5. The summed E-state index contributed by atoms with van der Waals surface area (Å²) < 4.78 is 32.7. The first-order valence-electron chi connectivity index (χ1n) is 12.5. The number of methoxy groups -OCH3 is 1. The number of nitrogens with one attached hydrogen (secondary N) is 1. The molecule has 1 N–H and O–H groups in total. The lowest BCUT2D eigenvalue weighted by Gasteiger charge is -2.34. The molecule has 2 amide bonds. The summed E-state index contributed by atoms with van der Waals surface area (Å²) in [6.07, 6.45) is 1.32. The minimum absolute atomic E-state index is 0.113. The zero-order valence-electron chi connectivity index (χ0n) is 22.5. The van der Waals surface area contributed by atoms with Gasteiger partial charge in [-0.2, -0.15) is 0 Å². The fourth-order valence-corrected chi connectivity index (χ4v) is 5.43. The van der Waals surface area contributed by atoms with Gasteiger partial charge in [0.05, 0.1) is 19.1 Å². The van der Waals surface area contributed by atoms with Gasteiger partial charge in [-0.15, -0.1) is 0 Å². The number of carbonyl (C=O) groups excluding carboxylic acids is 2. The number of ether oxygens (including phenoxy) is 1. The number of rotatable bonds is 12. The van der Waals surface area contributed by atoms with Gasteiger partial charge in [-0.25, -0.2) is 8.42 Å². The van der Waals surface area contributed by atoms with Crippen LogP contribution in [0.2, 0.25) is 0 Å². The smallest absolute Gasteiger partial charge is 0.244 e. The minimum Gasteiger partial charge on any atom is -0.497 e. The van der Waals surface area contributed by atoms with Crippen molar-refractivity contribution >= 4 is 43.5 Å². The van der Waals surface area contributed by atoms with Crippen LogP contribution in [0.25, 0.3) is 0 Å². The molecule has 208 valence electrons. The van der Waals surface area contributed by atoms with Gasteiger partial charge in [0, 0.05) is 23.5 Å². The van der Waals surface area contributed by atoms with E-state index in [-0.39, 0.29) is 24.9 Å². The van der Waals surface area contributed by atoms with Crippen molar-refractivity contribution in [2.24, 2.45) is 0 Å². The van der Waals surface area contributed by atoms with Gasteiger partial charge in [0.15, 0.2) is 0 Å². The van der Waals surface area contributed by atoms with Crippen LogP contribution in [0.5, 0.6) is 5.75 Å². The molecule has 0 fully saturated rings. The molecule has 0 spiro atoms. The summed E-state index contributed by atoms with van der Waals surface area (Å²) in [5.41, 5.74) is 1.99. The van der Waals surface area contributed by atoms with Crippen LogP contribution >= 0.6 is 15.9 Å².